The van der Waals surface area contributed by atoms with Crippen LogP contribution in [0.1, 0.15) is 18.1 Å². The maximum Gasteiger partial charge on any atom is 0.260 e. The van der Waals surface area contributed by atoms with E-state index in [1.807, 2.05) is 23.1 Å². The molecule has 2 heterocycles. The predicted octanol–water partition coefficient (Wildman–Crippen LogP) is 2.80. The molecule has 0 spiro atoms. The van der Waals surface area contributed by atoms with Gasteiger partial charge in [0.15, 0.2) is 6.61 Å². The van der Waals surface area contributed by atoms with Crippen molar-refractivity contribution in [3.05, 3.63) is 58.6 Å². The van der Waals surface area contributed by atoms with Crippen molar-refractivity contribution >= 4 is 23.4 Å². The molecule has 0 atom stereocenters. The summed E-state index contributed by atoms with van der Waals surface area (Å²) in [6.45, 7) is 7.02. The first-order valence-electron chi connectivity index (χ1n) is 10.9. The molecule has 2 amide bonds. The lowest BCUT2D eigenvalue weighted by molar-refractivity contribution is -0.134. The number of amides is 2. The number of hydrogen-bond acceptors (Lipinski definition) is 5. The summed E-state index contributed by atoms with van der Waals surface area (Å²) >= 11 is 6.11. The second-order valence-corrected chi connectivity index (χ2v) is 8.51. The van der Waals surface area contributed by atoms with Crippen molar-refractivity contribution in [1.29, 1.82) is 0 Å². The molecule has 0 radical (unpaired) electrons. The first-order valence-corrected chi connectivity index (χ1v) is 11.2. The SMILES string of the molecule is CC(=O)N1CCN(Cc2ccc3c(c2)CN(C(=O)COc2ccccc2Cl)CCO3)CC1. The average Bonchev–Trinajstić information content (AvgIpc) is 3.01. The second kappa shape index (κ2) is 10.2. The molecule has 0 saturated carbocycles. The van der Waals surface area contributed by atoms with Gasteiger partial charge in [0.25, 0.3) is 5.91 Å². The van der Waals surface area contributed by atoms with E-state index in [4.69, 9.17) is 21.1 Å². The quantitative estimate of drug-likeness (QED) is 0.691. The smallest absolute Gasteiger partial charge is 0.260 e. The number of fused-ring (bicyclic) bond motifs is 1. The first kappa shape index (κ1) is 22.4. The maximum atomic E-state index is 12.8. The van der Waals surface area contributed by atoms with Gasteiger partial charge >= 0.3 is 0 Å². The number of carbonyl (C=O) groups is 2. The molecule has 2 aliphatic rings. The fraction of sp³-hybridized carbons (Fsp3) is 0.417. The van der Waals surface area contributed by atoms with Gasteiger partial charge in [-0.3, -0.25) is 14.5 Å². The summed E-state index contributed by atoms with van der Waals surface area (Å²) in [5, 5.41) is 0.485. The van der Waals surface area contributed by atoms with Crippen LogP contribution in [0.3, 0.4) is 0 Å². The summed E-state index contributed by atoms with van der Waals surface area (Å²) in [6.07, 6.45) is 0. The minimum Gasteiger partial charge on any atom is -0.491 e. The molecule has 8 heteroatoms. The Morgan fingerprint density at radius 3 is 2.56 bits per heavy atom. The Hall–Kier alpha value is -2.77. The monoisotopic (exact) mass is 457 g/mol. The highest BCUT2D eigenvalue weighted by Crippen LogP contribution is 2.26. The van der Waals surface area contributed by atoms with Gasteiger partial charge in [0, 0.05) is 51.8 Å². The van der Waals surface area contributed by atoms with Crippen LogP contribution in [0.4, 0.5) is 0 Å². The zero-order valence-electron chi connectivity index (χ0n) is 18.3. The van der Waals surface area contributed by atoms with Crippen molar-refractivity contribution in [3.8, 4) is 11.5 Å². The average molecular weight is 458 g/mol. The largest absolute Gasteiger partial charge is 0.491 e. The molecule has 7 nitrogen and oxygen atoms in total. The number of carbonyl (C=O) groups excluding carboxylic acids is 2. The van der Waals surface area contributed by atoms with Crippen LogP contribution in [0.15, 0.2) is 42.5 Å². The normalized spacial score (nSPS) is 16.7. The zero-order valence-corrected chi connectivity index (χ0v) is 19.0. The van der Waals surface area contributed by atoms with Crippen molar-refractivity contribution in [2.45, 2.75) is 20.0 Å². The van der Waals surface area contributed by atoms with Crippen molar-refractivity contribution in [2.75, 3.05) is 45.9 Å². The molecule has 2 aliphatic heterocycles. The molecular formula is C24H28ClN3O4. The van der Waals surface area contributed by atoms with Crippen LogP contribution < -0.4 is 9.47 Å². The van der Waals surface area contributed by atoms with Crippen LogP contribution in [0.25, 0.3) is 0 Å². The van der Waals surface area contributed by atoms with E-state index in [1.54, 1.807) is 24.0 Å². The standard InChI is InChI=1S/C24H28ClN3O4/c1-18(29)27-10-8-26(9-11-27)15-19-6-7-22-20(14-19)16-28(12-13-31-22)24(30)17-32-23-5-3-2-4-21(23)25/h2-7,14H,8-13,15-17H2,1H3. The second-order valence-electron chi connectivity index (χ2n) is 8.11. The van der Waals surface area contributed by atoms with Crippen molar-refractivity contribution in [3.63, 3.8) is 0 Å². The maximum absolute atomic E-state index is 12.8. The van der Waals surface area contributed by atoms with Crippen LogP contribution in [0.5, 0.6) is 11.5 Å². The third-order valence-corrected chi connectivity index (χ3v) is 6.18. The van der Waals surface area contributed by atoms with E-state index in [9.17, 15) is 9.59 Å². The molecule has 0 N–H and O–H groups in total. The van der Waals surface area contributed by atoms with E-state index in [0.29, 0.717) is 30.5 Å². The summed E-state index contributed by atoms with van der Waals surface area (Å²) in [4.78, 5) is 30.3. The summed E-state index contributed by atoms with van der Waals surface area (Å²) < 4.78 is 11.5. The highest BCUT2D eigenvalue weighted by molar-refractivity contribution is 6.32. The third kappa shape index (κ3) is 5.53. The van der Waals surface area contributed by atoms with Gasteiger partial charge in [-0.15, -0.1) is 0 Å². The zero-order chi connectivity index (χ0) is 22.5. The number of hydrogen-bond donors (Lipinski definition) is 0. The van der Waals surface area contributed by atoms with E-state index >= 15 is 0 Å². The Bertz CT molecular complexity index is 975. The highest BCUT2D eigenvalue weighted by Gasteiger charge is 2.22. The molecule has 4 rings (SSSR count). The Morgan fingerprint density at radius 1 is 1.03 bits per heavy atom. The predicted molar refractivity (Wildman–Crippen MR) is 122 cm³/mol. The summed E-state index contributed by atoms with van der Waals surface area (Å²) in [7, 11) is 0. The number of halogens is 1. The van der Waals surface area contributed by atoms with Crippen molar-refractivity contribution in [2.24, 2.45) is 0 Å². The minimum absolute atomic E-state index is 0.0703. The molecule has 0 unspecified atom stereocenters. The van der Waals surface area contributed by atoms with E-state index < -0.39 is 0 Å². The Balaban J connectivity index is 1.37. The molecule has 170 valence electrons. The fourth-order valence-electron chi connectivity index (χ4n) is 4.03. The van der Waals surface area contributed by atoms with Gasteiger partial charge < -0.3 is 19.3 Å². The highest BCUT2D eigenvalue weighted by atomic mass is 35.5. The van der Waals surface area contributed by atoms with Crippen molar-refractivity contribution < 1.29 is 19.1 Å². The van der Waals surface area contributed by atoms with Gasteiger partial charge in [-0.1, -0.05) is 29.8 Å². The Kier molecular flexibility index (Phi) is 7.17. The lowest BCUT2D eigenvalue weighted by atomic mass is 10.1. The Labute approximate surface area is 193 Å². The van der Waals surface area contributed by atoms with Gasteiger partial charge in [0.2, 0.25) is 5.91 Å². The molecule has 32 heavy (non-hydrogen) atoms. The van der Waals surface area contributed by atoms with Crippen LogP contribution >= 0.6 is 11.6 Å². The molecule has 0 bridgehead atoms. The molecular weight excluding hydrogens is 430 g/mol. The number of nitrogens with zero attached hydrogens (tertiary/aromatic N) is 3. The lowest BCUT2D eigenvalue weighted by Crippen LogP contribution is -2.47. The van der Waals surface area contributed by atoms with Crippen LogP contribution in [0, 0.1) is 0 Å². The van der Waals surface area contributed by atoms with Gasteiger partial charge in [-0.05, 0) is 29.8 Å². The molecule has 0 aromatic heterocycles. The van der Waals surface area contributed by atoms with Gasteiger partial charge in [-0.2, -0.15) is 0 Å². The van der Waals surface area contributed by atoms with Gasteiger partial charge in [0.1, 0.15) is 18.1 Å². The number of ether oxygens (including phenoxy) is 2. The fourth-order valence-corrected chi connectivity index (χ4v) is 4.22. The lowest BCUT2D eigenvalue weighted by Gasteiger charge is -2.34. The first-order chi connectivity index (χ1) is 15.5. The Morgan fingerprint density at radius 2 is 1.81 bits per heavy atom. The molecule has 1 fully saturated rings. The van der Waals surface area contributed by atoms with Crippen molar-refractivity contribution in [1.82, 2.24) is 14.7 Å². The number of benzene rings is 2. The van der Waals surface area contributed by atoms with Crippen LogP contribution in [-0.2, 0) is 22.7 Å². The molecule has 0 aliphatic carbocycles. The molecule has 2 aromatic carbocycles. The minimum atomic E-state index is -0.105. The molecule has 1 saturated heterocycles. The van der Waals surface area contributed by atoms with Gasteiger partial charge in [-0.25, -0.2) is 0 Å². The third-order valence-electron chi connectivity index (χ3n) is 5.87. The number of para-hydroxylation sites is 1. The van der Waals surface area contributed by atoms with E-state index in [-0.39, 0.29) is 18.4 Å². The van der Waals surface area contributed by atoms with E-state index in [2.05, 4.69) is 17.0 Å². The summed E-state index contributed by atoms with van der Waals surface area (Å²) in [6, 6.07) is 13.3. The van der Waals surface area contributed by atoms with Gasteiger partial charge in [0.05, 0.1) is 11.6 Å². The van der Waals surface area contributed by atoms with E-state index in [0.717, 1.165) is 44.0 Å². The number of piperazine rings is 1. The molecule has 2 aromatic rings. The van der Waals surface area contributed by atoms with Crippen LogP contribution in [-0.4, -0.2) is 72.5 Å². The summed E-state index contributed by atoms with van der Waals surface area (Å²) in [5.74, 6) is 1.35. The van der Waals surface area contributed by atoms with E-state index in [1.165, 1.54) is 5.56 Å². The summed E-state index contributed by atoms with van der Waals surface area (Å²) in [5.41, 5.74) is 2.17. The number of rotatable bonds is 5. The topological polar surface area (TPSA) is 62.3 Å². The van der Waals surface area contributed by atoms with Crippen LogP contribution in [0.2, 0.25) is 5.02 Å².